The molecular formula is C23H30N6O4S. The maximum Gasteiger partial charge on any atom is 0.234 e. The monoisotopic (exact) mass is 486 g/mol. The van der Waals surface area contributed by atoms with Crippen LogP contribution in [-0.4, -0.2) is 77.9 Å². The predicted molar refractivity (Wildman–Crippen MR) is 129 cm³/mol. The Morgan fingerprint density at radius 2 is 2.03 bits per heavy atom. The number of anilines is 3. The minimum Gasteiger partial charge on any atom is -0.378 e. The van der Waals surface area contributed by atoms with Crippen molar-refractivity contribution in [3.05, 3.63) is 24.3 Å². The summed E-state index contributed by atoms with van der Waals surface area (Å²) >= 11 is 1.37. The molecule has 1 atom stereocenters. The van der Waals surface area contributed by atoms with Gasteiger partial charge in [0.25, 0.3) is 0 Å². The summed E-state index contributed by atoms with van der Waals surface area (Å²) in [7, 11) is 0. The Balaban J connectivity index is 1.24. The zero-order chi connectivity index (χ0) is 23.3. The molecule has 3 fully saturated rings. The van der Waals surface area contributed by atoms with E-state index in [-0.39, 0.29) is 23.7 Å². The second-order valence-corrected chi connectivity index (χ2v) is 9.61. The number of hydrogen-bond acceptors (Lipinski definition) is 8. The second kappa shape index (κ2) is 10.7. The van der Waals surface area contributed by atoms with Gasteiger partial charge in [0, 0.05) is 44.0 Å². The van der Waals surface area contributed by atoms with Crippen molar-refractivity contribution in [1.29, 1.82) is 0 Å². The Kier molecular flexibility index (Phi) is 7.31. The van der Waals surface area contributed by atoms with Crippen molar-refractivity contribution in [3.63, 3.8) is 0 Å². The Labute approximate surface area is 203 Å². The number of morpholine rings is 1. The number of thioether (sulfide) groups is 1. The Bertz CT molecular complexity index is 1020. The first-order chi connectivity index (χ1) is 16.7. The number of carbonyl (C=O) groups is 2. The molecule has 2 amide bonds. The molecule has 0 radical (unpaired) electrons. The van der Waals surface area contributed by atoms with Gasteiger partial charge in [0.15, 0.2) is 5.16 Å². The van der Waals surface area contributed by atoms with E-state index in [4.69, 9.17) is 9.47 Å². The number of aromatic nitrogens is 3. The highest BCUT2D eigenvalue weighted by molar-refractivity contribution is 7.99. The number of ether oxygens (including phenoxy) is 2. The van der Waals surface area contributed by atoms with Crippen LogP contribution in [0.15, 0.2) is 29.4 Å². The van der Waals surface area contributed by atoms with Gasteiger partial charge in [-0.1, -0.05) is 17.8 Å². The second-order valence-electron chi connectivity index (χ2n) is 8.66. The lowest BCUT2D eigenvalue weighted by Gasteiger charge is -2.28. The Morgan fingerprint density at radius 1 is 1.15 bits per heavy atom. The molecular weight excluding hydrogens is 456 g/mol. The van der Waals surface area contributed by atoms with E-state index in [1.165, 1.54) is 11.8 Å². The van der Waals surface area contributed by atoms with Gasteiger partial charge in [-0.2, -0.15) is 0 Å². The molecule has 1 aromatic carbocycles. The largest absolute Gasteiger partial charge is 0.378 e. The fraction of sp³-hybridized carbons (Fsp3) is 0.565. The van der Waals surface area contributed by atoms with Crippen LogP contribution in [0.25, 0.3) is 0 Å². The molecule has 1 N–H and O–H groups in total. The summed E-state index contributed by atoms with van der Waals surface area (Å²) in [6.07, 6.45) is 3.66. The lowest BCUT2D eigenvalue weighted by Crippen LogP contribution is -2.38. The van der Waals surface area contributed by atoms with Gasteiger partial charge in [0.1, 0.15) is 0 Å². The van der Waals surface area contributed by atoms with Crippen LogP contribution in [0.4, 0.5) is 17.3 Å². The van der Waals surface area contributed by atoms with E-state index in [2.05, 4.69) is 25.0 Å². The summed E-state index contributed by atoms with van der Waals surface area (Å²) in [6.45, 7) is 5.05. The zero-order valence-corrected chi connectivity index (χ0v) is 20.0. The predicted octanol–water partition coefficient (Wildman–Crippen LogP) is 2.15. The number of nitrogens with one attached hydrogen (secondary N) is 1. The van der Waals surface area contributed by atoms with E-state index in [9.17, 15) is 9.59 Å². The molecule has 10 nitrogen and oxygen atoms in total. The molecule has 0 aliphatic carbocycles. The molecule has 3 saturated heterocycles. The van der Waals surface area contributed by atoms with Crippen LogP contribution >= 0.6 is 11.8 Å². The van der Waals surface area contributed by atoms with Crippen molar-refractivity contribution in [2.75, 3.05) is 60.3 Å². The van der Waals surface area contributed by atoms with Crippen LogP contribution in [0.5, 0.6) is 0 Å². The SMILES string of the molecule is O=C(CSc1nnc(N2CCOCC2)n1CC1CCCO1)Nc1cccc(N2CCCC2=O)c1. The quantitative estimate of drug-likeness (QED) is 0.567. The molecule has 182 valence electrons. The number of nitrogens with zero attached hydrogens (tertiary/aromatic N) is 5. The van der Waals surface area contributed by atoms with Crippen LogP contribution in [0.3, 0.4) is 0 Å². The Morgan fingerprint density at radius 3 is 2.79 bits per heavy atom. The molecule has 3 aliphatic heterocycles. The first kappa shape index (κ1) is 23.1. The van der Waals surface area contributed by atoms with Gasteiger partial charge in [-0.25, -0.2) is 0 Å². The molecule has 34 heavy (non-hydrogen) atoms. The van der Waals surface area contributed by atoms with Gasteiger partial charge in [-0.3, -0.25) is 14.2 Å². The number of amides is 2. The lowest BCUT2D eigenvalue weighted by molar-refractivity contribution is -0.117. The van der Waals surface area contributed by atoms with Gasteiger partial charge in [-0.05, 0) is 37.5 Å². The summed E-state index contributed by atoms with van der Waals surface area (Å²) in [5.74, 6) is 1.01. The highest BCUT2D eigenvalue weighted by atomic mass is 32.2. The van der Waals surface area contributed by atoms with Crippen LogP contribution < -0.4 is 15.1 Å². The van der Waals surface area contributed by atoms with Crippen LogP contribution in [0.1, 0.15) is 25.7 Å². The summed E-state index contributed by atoms with van der Waals surface area (Å²) in [6, 6.07) is 7.44. The molecule has 4 heterocycles. The molecule has 2 aromatic rings. The van der Waals surface area contributed by atoms with Crippen molar-refractivity contribution in [2.45, 2.75) is 43.5 Å². The van der Waals surface area contributed by atoms with Crippen molar-refractivity contribution in [1.82, 2.24) is 14.8 Å². The van der Waals surface area contributed by atoms with E-state index in [0.717, 1.165) is 57.1 Å². The normalized spacial score (nSPS) is 20.8. The van der Waals surface area contributed by atoms with Crippen molar-refractivity contribution in [3.8, 4) is 0 Å². The number of hydrogen-bond donors (Lipinski definition) is 1. The molecule has 11 heteroatoms. The first-order valence-electron chi connectivity index (χ1n) is 11.9. The summed E-state index contributed by atoms with van der Waals surface area (Å²) < 4.78 is 13.4. The van der Waals surface area contributed by atoms with E-state index in [1.807, 2.05) is 24.3 Å². The molecule has 0 saturated carbocycles. The fourth-order valence-electron chi connectivity index (χ4n) is 4.54. The van der Waals surface area contributed by atoms with Crippen LogP contribution in [-0.2, 0) is 25.6 Å². The third-order valence-corrected chi connectivity index (χ3v) is 7.22. The van der Waals surface area contributed by atoms with Gasteiger partial charge >= 0.3 is 0 Å². The molecule has 1 aromatic heterocycles. The molecule has 3 aliphatic rings. The average molecular weight is 487 g/mol. The Hall–Kier alpha value is -2.63. The minimum atomic E-state index is -0.130. The van der Waals surface area contributed by atoms with E-state index in [0.29, 0.717) is 37.0 Å². The number of carbonyl (C=O) groups excluding carboxylic acids is 2. The van der Waals surface area contributed by atoms with Crippen LogP contribution in [0, 0.1) is 0 Å². The third-order valence-electron chi connectivity index (χ3n) is 6.25. The minimum absolute atomic E-state index is 0.126. The third kappa shape index (κ3) is 5.37. The van der Waals surface area contributed by atoms with E-state index >= 15 is 0 Å². The maximum absolute atomic E-state index is 12.7. The van der Waals surface area contributed by atoms with Crippen LogP contribution in [0.2, 0.25) is 0 Å². The first-order valence-corrected chi connectivity index (χ1v) is 12.9. The van der Waals surface area contributed by atoms with Crippen molar-refractivity contribution in [2.24, 2.45) is 0 Å². The molecule has 1 unspecified atom stereocenters. The standard InChI is InChI=1S/C23H30N6O4S/c30-20(24-17-4-1-5-18(14-17)28-8-2-7-21(28)31)16-34-23-26-25-22(27-9-12-32-13-10-27)29(23)15-19-6-3-11-33-19/h1,4-5,14,19H,2-3,6-13,15-16H2,(H,24,30). The van der Waals surface area contributed by atoms with Gasteiger partial charge in [-0.15, -0.1) is 10.2 Å². The summed E-state index contributed by atoms with van der Waals surface area (Å²) in [5.41, 5.74) is 1.50. The fourth-order valence-corrected chi connectivity index (χ4v) is 5.28. The maximum atomic E-state index is 12.7. The van der Waals surface area contributed by atoms with E-state index < -0.39 is 0 Å². The lowest BCUT2D eigenvalue weighted by atomic mass is 10.2. The summed E-state index contributed by atoms with van der Waals surface area (Å²) in [5, 5.41) is 12.5. The van der Waals surface area contributed by atoms with Gasteiger partial charge in [0.05, 0.1) is 31.6 Å². The highest BCUT2D eigenvalue weighted by Gasteiger charge is 2.25. The average Bonchev–Trinajstić information content (AvgIpc) is 3.61. The van der Waals surface area contributed by atoms with Gasteiger partial charge < -0.3 is 24.6 Å². The topological polar surface area (TPSA) is 102 Å². The van der Waals surface area contributed by atoms with E-state index in [1.54, 1.807) is 4.90 Å². The zero-order valence-electron chi connectivity index (χ0n) is 19.1. The van der Waals surface area contributed by atoms with Crippen molar-refractivity contribution < 1.29 is 19.1 Å². The number of benzene rings is 1. The number of rotatable bonds is 8. The van der Waals surface area contributed by atoms with Crippen molar-refractivity contribution >= 4 is 40.9 Å². The highest BCUT2D eigenvalue weighted by Crippen LogP contribution is 2.27. The van der Waals surface area contributed by atoms with Gasteiger partial charge in [0.2, 0.25) is 17.8 Å². The molecule has 0 bridgehead atoms. The molecule has 0 spiro atoms. The summed E-state index contributed by atoms with van der Waals surface area (Å²) in [4.78, 5) is 28.7. The molecule has 5 rings (SSSR count). The smallest absolute Gasteiger partial charge is 0.234 e.